The molecule has 2 aromatic rings. The van der Waals surface area contributed by atoms with Gasteiger partial charge >= 0.3 is 0 Å². The molecule has 104 valence electrons. The Morgan fingerprint density at radius 3 is 2.95 bits per heavy atom. The SMILES string of the molecule is Nc1ncnc2ccc(/C=C/CN3CCOCC3)cc12. The van der Waals surface area contributed by atoms with E-state index < -0.39 is 0 Å². The van der Waals surface area contributed by atoms with Crippen LogP contribution < -0.4 is 5.73 Å². The van der Waals surface area contributed by atoms with Gasteiger partial charge in [-0.25, -0.2) is 9.97 Å². The first-order valence-electron chi connectivity index (χ1n) is 6.80. The lowest BCUT2D eigenvalue weighted by Gasteiger charge is -2.25. The van der Waals surface area contributed by atoms with Crippen LogP contribution in [0.1, 0.15) is 5.56 Å². The lowest BCUT2D eigenvalue weighted by Crippen LogP contribution is -2.36. The second kappa shape index (κ2) is 5.98. The Labute approximate surface area is 118 Å². The predicted octanol–water partition coefficient (Wildman–Crippen LogP) is 1.56. The van der Waals surface area contributed by atoms with Crippen molar-refractivity contribution >= 4 is 22.8 Å². The summed E-state index contributed by atoms with van der Waals surface area (Å²) in [6.45, 7) is 4.61. The van der Waals surface area contributed by atoms with Crippen molar-refractivity contribution in [3.05, 3.63) is 36.2 Å². The van der Waals surface area contributed by atoms with E-state index >= 15 is 0 Å². The highest BCUT2D eigenvalue weighted by Gasteiger charge is 2.07. The number of hydrogen-bond acceptors (Lipinski definition) is 5. The molecule has 0 spiro atoms. The summed E-state index contributed by atoms with van der Waals surface area (Å²) in [5.41, 5.74) is 7.87. The molecular weight excluding hydrogens is 252 g/mol. The Morgan fingerprint density at radius 2 is 2.10 bits per heavy atom. The van der Waals surface area contributed by atoms with Crippen molar-refractivity contribution in [2.75, 3.05) is 38.6 Å². The molecule has 5 heteroatoms. The van der Waals surface area contributed by atoms with Gasteiger partial charge in [-0.3, -0.25) is 4.90 Å². The average Bonchev–Trinajstić information content (AvgIpc) is 2.49. The third-order valence-electron chi connectivity index (χ3n) is 3.47. The van der Waals surface area contributed by atoms with Crippen molar-refractivity contribution in [2.45, 2.75) is 0 Å². The quantitative estimate of drug-likeness (QED) is 0.917. The highest BCUT2D eigenvalue weighted by Crippen LogP contribution is 2.18. The molecular formula is C15H18N4O. The average molecular weight is 270 g/mol. The topological polar surface area (TPSA) is 64.3 Å². The van der Waals surface area contributed by atoms with Gasteiger partial charge in [-0.15, -0.1) is 0 Å². The molecule has 1 aromatic heterocycles. The fourth-order valence-corrected chi connectivity index (χ4v) is 2.32. The van der Waals surface area contributed by atoms with Crippen LogP contribution in [0.5, 0.6) is 0 Å². The Bertz CT molecular complexity index is 620. The van der Waals surface area contributed by atoms with Crippen LogP contribution in [-0.2, 0) is 4.74 Å². The minimum Gasteiger partial charge on any atom is -0.383 e. The molecule has 20 heavy (non-hydrogen) atoms. The summed E-state index contributed by atoms with van der Waals surface area (Å²) >= 11 is 0. The second-order valence-electron chi connectivity index (χ2n) is 4.85. The summed E-state index contributed by atoms with van der Waals surface area (Å²) in [7, 11) is 0. The number of ether oxygens (including phenoxy) is 1. The summed E-state index contributed by atoms with van der Waals surface area (Å²) in [4.78, 5) is 10.6. The molecule has 1 aromatic carbocycles. The predicted molar refractivity (Wildman–Crippen MR) is 80.2 cm³/mol. The molecule has 2 N–H and O–H groups in total. The standard InChI is InChI=1S/C15H18N4O/c16-15-13-10-12(3-4-14(13)17-11-18-15)2-1-5-19-6-8-20-9-7-19/h1-4,10-11H,5-9H2,(H2,16,17,18)/b2-1+. The van der Waals surface area contributed by atoms with Crippen molar-refractivity contribution in [3.8, 4) is 0 Å². The lowest BCUT2D eigenvalue weighted by molar-refractivity contribution is 0.0435. The van der Waals surface area contributed by atoms with Crippen molar-refractivity contribution in [3.63, 3.8) is 0 Å². The maximum absolute atomic E-state index is 5.87. The molecule has 1 fully saturated rings. The molecule has 0 saturated carbocycles. The van der Waals surface area contributed by atoms with Gasteiger partial charge in [0.1, 0.15) is 12.1 Å². The first kappa shape index (κ1) is 13.0. The van der Waals surface area contributed by atoms with Crippen LogP contribution in [0.4, 0.5) is 5.82 Å². The smallest absolute Gasteiger partial charge is 0.134 e. The summed E-state index contributed by atoms with van der Waals surface area (Å²) in [6, 6.07) is 6.05. The van der Waals surface area contributed by atoms with E-state index in [1.807, 2.05) is 18.2 Å². The number of nitrogens with two attached hydrogens (primary N) is 1. The maximum Gasteiger partial charge on any atom is 0.134 e. The molecule has 0 aliphatic carbocycles. The zero-order chi connectivity index (χ0) is 13.8. The van der Waals surface area contributed by atoms with Crippen LogP contribution >= 0.6 is 0 Å². The Morgan fingerprint density at radius 1 is 1.25 bits per heavy atom. The normalized spacial score (nSPS) is 17.0. The molecule has 3 rings (SSSR count). The Hall–Kier alpha value is -1.98. The van der Waals surface area contributed by atoms with Crippen molar-refractivity contribution in [2.24, 2.45) is 0 Å². The van der Waals surface area contributed by atoms with Gasteiger partial charge < -0.3 is 10.5 Å². The van der Waals surface area contributed by atoms with Gasteiger partial charge in [-0.2, -0.15) is 0 Å². The number of hydrogen-bond donors (Lipinski definition) is 1. The number of anilines is 1. The van der Waals surface area contributed by atoms with Gasteiger partial charge in [0, 0.05) is 25.0 Å². The first-order valence-corrected chi connectivity index (χ1v) is 6.80. The molecule has 5 nitrogen and oxygen atoms in total. The van der Waals surface area contributed by atoms with E-state index in [1.54, 1.807) is 0 Å². The van der Waals surface area contributed by atoms with Crippen LogP contribution in [-0.4, -0.2) is 47.7 Å². The van der Waals surface area contributed by atoms with Gasteiger partial charge in [-0.05, 0) is 17.7 Å². The Kier molecular flexibility index (Phi) is 3.90. The number of morpholine rings is 1. The molecule has 1 aliphatic rings. The zero-order valence-corrected chi connectivity index (χ0v) is 11.3. The van der Waals surface area contributed by atoms with Crippen molar-refractivity contribution in [1.82, 2.24) is 14.9 Å². The Balaban J connectivity index is 1.72. The van der Waals surface area contributed by atoms with Crippen LogP contribution in [0.25, 0.3) is 17.0 Å². The van der Waals surface area contributed by atoms with Gasteiger partial charge in [0.2, 0.25) is 0 Å². The van der Waals surface area contributed by atoms with E-state index in [0.29, 0.717) is 5.82 Å². The van der Waals surface area contributed by atoms with Crippen molar-refractivity contribution < 1.29 is 4.74 Å². The molecule has 2 heterocycles. The van der Waals surface area contributed by atoms with E-state index in [0.717, 1.165) is 49.3 Å². The third kappa shape index (κ3) is 2.95. The monoisotopic (exact) mass is 270 g/mol. The van der Waals surface area contributed by atoms with Gasteiger partial charge in [0.25, 0.3) is 0 Å². The molecule has 1 aliphatic heterocycles. The van der Waals surface area contributed by atoms with Crippen LogP contribution in [0.15, 0.2) is 30.6 Å². The van der Waals surface area contributed by atoms with Gasteiger partial charge in [0.05, 0.1) is 18.7 Å². The lowest BCUT2D eigenvalue weighted by atomic mass is 10.1. The van der Waals surface area contributed by atoms with Crippen molar-refractivity contribution in [1.29, 1.82) is 0 Å². The minimum atomic E-state index is 0.526. The van der Waals surface area contributed by atoms with E-state index in [1.165, 1.54) is 6.33 Å². The number of nitrogen functional groups attached to an aromatic ring is 1. The highest BCUT2D eigenvalue weighted by molar-refractivity contribution is 5.89. The number of rotatable bonds is 3. The van der Waals surface area contributed by atoms with Crippen LogP contribution in [0.2, 0.25) is 0 Å². The molecule has 0 radical (unpaired) electrons. The molecule has 0 atom stereocenters. The largest absolute Gasteiger partial charge is 0.383 e. The van der Waals surface area contributed by atoms with Crippen LogP contribution in [0.3, 0.4) is 0 Å². The number of aromatic nitrogens is 2. The third-order valence-corrected chi connectivity index (χ3v) is 3.47. The van der Waals surface area contributed by atoms with E-state index in [9.17, 15) is 0 Å². The second-order valence-corrected chi connectivity index (χ2v) is 4.85. The van der Waals surface area contributed by atoms with Gasteiger partial charge in [0.15, 0.2) is 0 Å². The molecule has 0 amide bonds. The summed E-state index contributed by atoms with van der Waals surface area (Å²) in [6.07, 6.45) is 5.78. The molecule has 0 unspecified atom stereocenters. The summed E-state index contributed by atoms with van der Waals surface area (Å²) in [5.74, 6) is 0.526. The number of nitrogens with zero attached hydrogens (tertiary/aromatic N) is 3. The first-order chi connectivity index (χ1) is 9.83. The summed E-state index contributed by atoms with van der Waals surface area (Å²) < 4.78 is 5.33. The molecule has 0 bridgehead atoms. The molecule has 1 saturated heterocycles. The number of fused-ring (bicyclic) bond motifs is 1. The number of benzene rings is 1. The van der Waals surface area contributed by atoms with E-state index in [2.05, 4.69) is 27.0 Å². The fourth-order valence-electron chi connectivity index (χ4n) is 2.32. The van der Waals surface area contributed by atoms with Gasteiger partial charge in [-0.1, -0.05) is 18.2 Å². The highest BCUT2D eigenvalue weighted by atomic mass is 16.5. The van der Waals surface area contributed by atoms with E-state index in [4.69, 9.17) is 10.5 Å². The maximum atomic E-state index is 5.87. The fraction of sp³-hybridized carbons (Fsp3) is 0.333. The zero-order valence-electron chi connectivity index (χ0n) is 11.3. The van der Waals surface area contributed by atoms with E-state index in [-0.39, 0.29) is 0 Å². The summed E-state index contributed by atoms with van der Waals surface area (Å²) in [5, 5.41) is 0.904. The van der Waals surface area contributed by atoms with Crippen LogP contribution in [0, 0.1) is 0 Å². The minimum absolute atomic E-state index is 0.526.